The van der Waals surface area contributed by atoms with Gasteiger partial charge in [-0.15, -0.1) is 0 Å². The maximum Gasteiger partial charge on any atom is 0.0805 e. The van der Waals surface area contributed by atoms with Crippen molar-refractivity contribution in [2.75, 3.05) is 33.4 Å². The number of methoxy groups -OCH3 is 1. The third-order valence-corrected chi connectivity index (χ3v) is 3.84. The third-order valence-electron chi connectivity index (χ3n) is 3.84. The first-order chi connectivity index (χ1) is 6.78. The Kier molecular flexibility index (Phi) is 3.10. The van der Waals surface area contributed by atoms with Crippen LogP contribution >= 0.6 is 0 Å². The van der Waals surface area contributed by atoms with Gasteiger partial charge in [-0.25, -0.2) is 0 Å². The molecule has 1 unspecified atom stereocenters. The van der Waals surface area contributed by atoms with Crippen molar-refractivity contribution in [1.82, 2.24) is 4.90 Å². The summed E-state index contributed by atoms with van der Waals surface area (Å²) in [4.78, 5) is 2.45. The first kappa shape index (κ1) is 10.4. The molecule has 0 aromatic rings. The van der Waals surface area contributed by atoms with E-state index in [0.29, 0.717) is 12.5 Å². The van der Waals surface area contributed by atoms with E-state index in [9.17, 15) is 0 Å². The average Bonchev–Trinajstić information content (AvgIpc) is 2.59. The highest BCUT2D eigenvalue weighted by molar-refractivity contribution is 4.93. The minimum atomic E-state index is 0.157. The van der Waals surface area contributed by atoms with E-state index in [-0.39, 0.29) is 5.60 Å². The summed E-state index contributed by atoms with van der Waals surface area (Å²) in [6.07, 6.45) is 4.88. The van der Waals surface area contributed by atoms with E-state index in [0.717, 1.165) is 26.1 Å². The Morgan fingerprint density at radius 2 is 2.29 bits per heavy atom. The lowest BCUT2D eigenvalue weighted by atomic mass is 9.79. The van der Waals surface area contributed by atoms with Crippen LogP contribution in [0.15, 0.2) is 0 Å². The van der Waals surface area contributed by atoms with E-state index in [2.05, 4.69) is 4.90 Å². The van der Waals surface area contributed by atoms with Gasteiger partial charge in [-0.3, -0.25) is 0 Å². The second kappa shape index (κ2) is 4.17. The summed E-state index contributed by atoms with van der Waals surface area (Å²) in [6.45, 7) is 3.61. The van der Waals surface area contributed by atoms with Crippen LogP contribution in [0, 0.1) is 5.92 Å². The van der Waals surface area contributed by atoms with Gasteiger partial charge in [-0.2, -0.15) is 0 Å². The lowest BCUT2D eigenvalue weighted by Gasteiger charge is -2.43. The molecule has 1 heterocycles. The molecule has 1 N–H and O–H groups in total. The molecule has 0 spiro atoms. The van der Waals surface area contributed by atoms with E-state index < -0.39 is 0 Å². The van der Waals surface area contributed by atoms with Gasteiger partial charge in [-0.1, -0.05) is 0 Å². The van der Waals surface area contributed by atoms with E-state index in [4.69, 9.17) is 9.84 Å². The van der Waals surface area contributed by atoms with Gasteiger partial charge in [-0.05, 0) is 38.1 Å². The minimum absolute atomic E-state index is 0.157. The molecular weight excluding hydrogens is 178 g/mol. The fourth-order valence-corrected chi connectivity index (χ4v) is 2.61. The van der Waals surface area contributed by atoms with E-state index in [1.54, 1.807) is 0 Å². The Bertz CT molecular complexity index is 186. The molecule has 3 heteroatoms. The van der Waals surface area contributed by atoms with Crippen LogP contribution in [0.3, 0.4) is 0 Å². The zero-order valence-corrected chi connectivity index (χ0v) is 9.04. The first-order valence-corrected chi connectivity index (χ1v) is 5.66. The van der Waals surface area contributed by atoms with Crippen LogP contribution in [0.2, 0.25) is 0 Å². The number of aliphatic hydroxyl groups excluding tert-OH is 1. The first-order valence-electron chi connectivity index (χ1n) is 5.66. The molecular formula is C11H21NO2. The predicted molar refractivity (Wildman–Crippen MR) is 55.2 cm³/mol. The second-order valence-electron chi connectivity index (χ2n) is 4.81. The zero-order chi connectivity index (χ0) is 10.0. The van der Waals surface area contributed by atoms with Gasteiger partial charge in [0.2, 0.25) is 0 Å². The second-order valence-corrected chi connectivity index (χ2v) is 4.81. The normalized spacial score (nSPS) is 31.7. The maximum atomic E-state index is 9.05. The number of ether oxygens (including phenoxy) is 1. The van der Waals surface area contributed by atoms with Crippen LogP contribution in [0.1, 0.15) is 25.7 Å². The monoisotopic (exact) mass is 199 g/mol. The molecule has 3 nitrogen and oxygen atoms in total. The molecule has 1 aliphatic carbocycles. The highest BCUT2D eigenvalue weighted by Crippen LogP contribution is 2.36. The van der Waals surface area contributed by atoms with Gasteiger partial charge >= 0.3 is 0 Å². The molecule has 1 aliphatic heterocycles. The maximum absolute atomic E-state index is 9.05. The van der Waals surface area contributed by atoms with Gasteiger partial charge < -0.3 is 14.7 Å². The zero-order valence-electron chi connectivity index (χ0n) is 9.04. The lowest BCUT2D eigenvalue weighted by molar-refractivity contribution is -0.0889. The fraction of sp³-hybridized carbons (Fsp3) is 1.00. The van der Waals surface area contributed by atoms with Gasteiger partial charge in [0.15, 0.2) is 0 Å². The number of likely N-dealkylation sites (tertiary alicyclic amines) is 1. The summed E-state index contributed by atoms with van der Waals surface area (Å²) in [5.74, 6) is 0.504. The molecule has 2 fully saturated rings. The van der Waals surface area contributed by atoms with Crippen molar-refractivity contribution in [3.8, 4) is 0 Å². The van der Waals surface area contributed by atoms with Crippen molar-refractivity contribution in [2.24, 2.45) is 5.92 Å². The van der Waals surface area contributed by atoms with Crippen molar-refractivity contribution in [3.05, 3.63) is 0 Å². The molecule has 0 amide bonds. The molecule has 1 saturated carbocycles. The Labute approximate surface area is 86.0 Å². The summed E-state index contributed by atoms with van der Waals surface area (Å²) in [5.41, 5.74) is 0.157. The fourth-order valence-electron chi connectivity index (χ4n) is 2.61. The predicted octanol–water partition coefficient (Wildman–Crippen LogP) is 0.870. The van der Waals surface area contributed by atoms with Crippen molar-refractivity contribution >= 4 is 0 Å². The van der Waals surface area contributed by atoms with Crippen LogP contribution < -0.4 is 0 Å². The number of hydrogen-bond acceptors (Lipinski definition) is 3. The summed E-state index contributed by atoms with van der Waals surface area (Å²) < 4.78 is 5.60. The van der Waals surface area contributed by atoms with Crippen molar-refractivity contribution in [3.63, 3.8) is 0 Å². The minimum Gasteiger partial charge on any atom is -0.396 e. The number of hydrogen-bond donors (Lipinski definition) is 1. The molecule has 0 bridgehead atoms. The highest BCUT2D eigenvalue weighted by Gasteiger charge is 2.39. The Morgan fingerprint density at radius 1 is 1.50 bits per heavy atom. The van der Waals surface area contributed by atoms with Gasteiger partial charge in [0.05, 0.1) is 5.60 Å². The Morgan fingerprint density at radius 3 is 2.71 bits per heavy atom. The molecule has 1 atom stereocenters. The molecule has 82 valence electrons. The molecule has 14 heavy (non-hydrogen) atoms. The molecule has 2 aliphatic rings. The van der Waals surface area contributed by atoms with E-state index in [1.807, 2.05) is 7.11 Å². The SMILES string of the molecule is COC1(CN2CCC(CO)C2)CCC1. The van der Waals surface area contributed by atoms with Gasteiger partial charge in [0.25, 0.3) is 0 Å². The Hall–Kier alpha value is -0.120. The van der Waals surface area contributed by atoms with Crippen LogP contribution in [0.5, 0.6) is 0 Å². The van der Waals surface area contributed by atoms with Crippen LogP contribution in [-0.2, 0) is 4.74 Å². The number of rotatable bonds is 4. The van der Waals surface area contributed by atoms with Gasteiger partial charge in [0, 0.05) is 26.8 Å². The van der Waals surface area contributed by atoms with Crippen molar-refractivity contribution in [1.29, 1.82) is 0 Å². The molecule has 0 aromatic carbocycles. The molecule has 1 saturated heterocycles. The molecule has 0 radical (unpaired) electrons. The largest absolute Gasteiger partial charge is 0.396 e. The number of nitrogens with zero attached hydrogens (tertiary/aromatic N) is 1. The molecule has 2 rings (SSSR count). The quantitative estimate of drug-likeness (QED) is 0.729. The Balaban J connectivity index is 1.80. The average molecular weight is 199 g/mol. The summed E-state index contributed by atoms with van der Waals surface area (Å²) in [7, 11) is 1.83. The van der Waals surface area contributed by atoms with E-state index >= 15 is 0 Å². The van der Waals surface area contributed by atoms with Crippen LogP contribution in [0.25, 0.3) is 0 Å². The van der Waals surface area contributed by atoms with Crippen LogP contribution in [0.4, 0.5) is 0 Å². The smallest absolute Gasteiger partial charge is 0.0805 e. The summed E-state index contributed by atoms with van der Waals surface area (Å²) in [6, 6.07) is 0. The van der Waals surface area contributed by atoms with Gasteiger partial charge in [0.1, 0.15) is 0 Å². The topological polar surface area (TPSA) is 32.7 Å². The van der Waals surface area contributed by atoms with Crippen molar-refractivity contribution in [2.45, 2.75) is 31.3 Å². The number of aliphatic hydroxyl groups is 1. The lowest BCUT2D eigenvalue weighted by Crippen LogP contribution is -2.49. The summed E-state index contributed by atoms with van der Waals surface area (Å²) >= 11 is 0. The molecule has 0 aromatic heterocycles. The van der Waals surface area contributed by atoms with E-state index in [1.165, 1.54) is 19.3 Å². The highest BCUT2D eigenvalue weighted by atomic mass is 16.5. The van der Waals surface area contributed by atoms with Crippen molar-refractivity contribution < 1.29 is 9.84 Å². The standard InChI is InChI=1S/C11H21NO2/c1-14-11(4-2-5-11)9-12-6-3-10(7-12)8-13/h10,13H,2-9H2,1H3. The van der Waals surface area contributed by atoms with Crippen LogP contribution in [-0.4, -0.2) is 49.0 Å². The third kappa shape index (κ3) is 1.95. The summed E-state index contributed by atoms with van der Waals surface area (Å²) in [5, 5.41) is 9.05.